The van der Waals surface area contributed by atoms with E-state index in [9.17, 15) is 0 Å². The van der Waals surface area contributed by atoms with Crippen LogP contribution in [0, 0.1) is 23.2 Å². The van der Waals surface area contributed by atoms with Gasteiger partial charge >= 0.3 is 0 Å². The molecule has 2 aromatic rings. The van der Waals surface area contributed by atoms with Crippen molar-refractivity contribution in [3.05, 3.63) is 117 Å². The van der Waals surface area contributed by atoms with Crippen LogP contribution in [0.25, 0.3) is 16.8 Å². The van der Waals surface area contributed by atoms with Crippen LogP contribution in [-0.2, 0) is 23.0 Å². The van der Waals surface area contributed by atoms with E-state index in [1.165, 1.54) is 79.3 Å². The van der Waals surface area contributed by atoms with Crippen LogP contribution < -0.4 is 9.88 Å². The van der Waals surface area contributed by atoms with Crippen molar-refractivity contribution in [1.82, 2.24) is 9.88 Å². The lowest BCUT2D eigenvalue weighted by atomic mass is 9.71. The fourth-order valence-corrected chi connectivity index (χ4v) is 15.2. The van der Waals surface area contributed by atoms with E-state index in [1.54, 1.807) is 39.5 Å². The summed E-state index contributed by atoms with van der Waals surface area (Å²) in [7, 11) is -0.780. The topological polar surface area (TPSA) is 30.1 Å². The highest BCUT2D eigenvalue weighted by Gasteiger charge is 2.72. The van der Waals surface area contributed by atoms with Crippen LogP contribution in [-0.4, -0.2) is 37.7 Å². The quantitative estimate of drug-likeness (QED) is 0.186. The van der Waals surface area contributed by atoms with E-state index in [0.29, 0.717) is 48.1 Å². The molecule has 5 heteroatoms. The molecule has 3 aliphatic heterocycles. The van der Waals surface area contributed by atoms with Crippen LogP contribution in [0.3, 0.4) is 0 Å². The van der Waals surface area contributed by atoms with Crippen molar-refractivity contribution >= 4 is 19.9 Å². The molecule has 58 heavy (non-hydrogen) atoms. The Morgan fingerprint density at radius 2 is 1.81 bits per heavy atom. The third kappa shape index (κ3) is 5.60. The molecule has 11 rings (SSSR count). The number of nitrogens with one attached hydrogen (secondary N) is 1. The lowest BCUT2D eigenvalue weighted by Gasteiger charge is -2.33. The third-order valence-corrected chi connectivity index (χ3v) is 18.9. The molecule has 0 spiro atoms. The van der Waals surface area contributed by atoms with Crippen molar-refractivity contribution in [1.29, 1.82) is 0 Å². The first-order chi connectivity index (χ1) is 27.9. The summed E-state index contributed by atoms with van der Waals surface area (Å²) in [5, 5.41) is 4.33. The van der Waals surface area contributed by atoms with Crippen LogP contribution in [0.5, 0.6) is 0 Å². The Balaban J connectivity index is 1.11. The van der Waals surface area contributed by atoms with E-state index in [4.69, 9.17) is 4.74 Å². The maximum Gasteiger partial charge on any atom is 0.291 e. The Bertz CT molecular complexity index is 2300. The van der Waals surface area contributed by atoms with Crippen molar-refractivity contribution in [2.24, 2.45) is 23.2 Å². The minimum Gasteiger partial charge on any atom is -0.370 e. The summed E-state index contributed by atoms with van der Waals surface area (Å²) < 4.78 is 13.1. The van der Waals surface area contributed by atoms with E-state index < -0.39 is 8.80 Å². The SMILES string of the molecule is CC(C)=CC1NC2C(C3C4=C(CC5C(C4)OC4C=CC([SiH](C)C)CC45)c4n(-c5ccc(C6=CCCC=C6)cc5C(C)(C)C)c5c([n+]43)CCCC5)C2(C)C2=C1C=CCC2. The summed E-state index contributed by atoms with van der Waals surface area (Å²) in [6.07, 6.45) is 33.5. The molecule has 4 nitrogen and oxygen atoms in total. The van der Waals surface area contributed by atoms with Crippen molar-refractivity contribution in [2.45, 2.75) is 167 Å². The number of rotatable bonds is 5. The van der Waals surface area contributed by atoms with Crippen LogP contribution in [0.15, 0.2) is 89.1 Å². The second kappa shape index (κ2) is 13.6. The van der Waals surface area contributed by atoms with Gasteiger partial charge in [-0.05, 0) is 129 Å². The zero-order valence-electron chi connectivity index (χ0n) is 36.7. The first-order valence-corrected chi connectivity index (χ1v) is 26.5. The molecule has 10 unspecified atom stereocenters. The lowest BCUT2D eigenvalue weighted by molar-refractivity contribution is -0.722. The van der Waals surface area contributed by atoms with Gasteiger partial charge in [0, 0.05) is 50.1 Å². The second-order valence-electron chi connectivity index (χ2n) is 21.7. The van der Waals surface area contributed by atoms with E-state index in [0.717, 1.165) is 24.8 Å². The molecule has 0 radical (unpaired) electrons. The number of imidazole rings is 1. The molecule has 1 N–H and O–H groups in total. The molecule has 1 aromatic carbocycles. The predicted octanol–water partition coefficient (Wildman–Crippen LogP) is 11.2. The first-order valence-electron chi connectivity index (χ1n) is 23.5. The second-order valence-corrected chi connectivity index (χ2v) is 25.0. The monoisotopic (exact) mass is 791 g/mol. The van der Waals surface area contributed by atoms with Gasteiger partial charge in [-0.25, -0.2) is 4.57 Å². The smallest absolute Gasteiger partial charge is 0.291 e. The highest BCUT2D eigenvalue weighted by Crippen LogP contribution is 2.69. The zero-order chi connectivity index (χ0) is 39.8. The number of benzene rings is 1. The van der Waals surface area contributed by atoms with Crippen LogP contribution in [0.1, 0.15) is 134 Å². The van der Waals surface area contributed by atoms with Crippen molar-refractivity contribution in [3.8, 4) is 5.69 Å². The van der Waals surface area contributed by atoms with Crippen LogP contribution in [0.4, 0.5) is 0 Å². The Kier molecular flexibility index (Phi) is 8.86. The standard InChI is InChI=1S/C53H68N3OSi/c1-31(2)26-42-35-18-12-13-19-40(35)53(6)48(50(53)54-42)49-38-30-47-37(36-28-34(58(7)8)23-25-46(36)57-47)29-39(38)51-55(44-20-14-15-21-45(44)56(49)51)43-24-22-33(27-41(43)52(3,4)5)32-16-10-9-11-17-32/h10,12,16-18,22-27,34,36-37,42,46-50,54,58H,9,11,13-15,19-21,28-30H2,1-8H3/q+1. The fraction of sp³-hybridized carbons (Fsp3) is 0.566. The van der Waals surface area contributed by atoms with E-state index in [-0.39, 0.29) is 10.8 Å². The summed E-state index contributed by atoms with van der Waals surface area (Å²) in [6.45, 7) is 19.6. The summed E-state index contributed by atoms with van der Waals surface area (Å²) in [5.41, 5.74) is 18.0. The predicted molar refractivity (Wildman–Crippen MR) is 242 cm³/mol. The van der Waals surface area contributed by atoms with Gasteiger partial charge in [0.05, 0.1) is 18.2 Å². The number of nitrogens with zero attached hydrogens (tertiary/aromatic N) is 2. The van der Waals surface area contributed by atoms with Gasteiger partial charge in [-0.3, -0.25) is 0 Å². The molecule has 1 aromatic heterocycles. The summed E-state index contributed by atoms with van der Waals surface area (Å²) in [5.74, 6) is 3.32. The minimum atomic E-state index is -0.780. The number of ether oxygens (including phenoxy) is 1. The zero-order valence-corrected chi connectivity index (χ0v) is 37.9. The largest absolute Gasteiger partial charge is 0.370 e. The molecule has 10 atom stereocenters. The lowest BCUT2D eigenvalue weighted by Crippen LogP contribution is -2.46. The van der Waals surface area contributed by atoms with Gasteiger partial charge in [-0.15, -0.1) is 0 Å². The molecule has 2 fully saturated rings. The first kappa shape index (κ1) is 37.7. The molecule has 1 saturated heterocycles. The molecule has 1 saturated carbocycles. The maximum absolute atomic E-state index is 7.21. The Hall–Kier alpha value is -3.25. The van der Waals surface area contributed by atoms with Gasteiger partial charge in [0.15, 0.2) is 5.69 Å². The van der Waals surface area contributed by atoms with E-state index in [1.807, 2.05) is 0 Å². The molecule has 6 aliphatic carbocycles. The van der Waals surface area contributed by atoms with Gasteiger partial charge in [0.1, 0.15) is 17.4 Å². The minimum absolute atomic E-state index is 0.00261. The molecular weight excluding hydrogens is 723 g/mol. The van der Waals surface area contributed by atoms with Crippen molar-refractivity contribution in [3.63, 3.8) is 0 Å². The number of fused-ring (bicyclic) bond motifs is 9. The number of aromatic nitrogens is 2. The number of hydrogen-bond donors (Lipinski definition) is 1. The third-order valence-electron chi connectivity index (χ3n) is 16.6. The summed E-state index contributed by atoms with van der Waals surface area (Å²) >= 11 is 0. The molecule has 9 aliphatic rings. The number of allylic oxidation sites excluding steroid dienone is 8. The Labute approximate surface area is 350 Å². The highest BCUT2D eigenvalue weighted by atomic mass is 28.3. The van der Waals surface area contributed by atoms with Crippen molar-refractivity contribution < 1.29 is 9.30 Å². The molecule has 4 heterocycles. The molecule has 304 valence electrons. The van der Waals surface area contributed by atoms with Gasteiger partial charge in [0.25, 0.3) is 5.82 Å². The Morgan fingerprint density at radius 1 is 0.983 bits per heavy atom. The average molecular weight is 791 g/mol. The fourth-order valence-electron chi connectivity index (χ4n) is 13.8. The average Bonchev–Trinajstić information content (AvgIpc) is 3.46. The Morgan fingerprint density at radius 3 is 2.59 bits per heavy atom. The van der Waals surface area contributed by atoms with Crippen LogP contribution >= 0.6 is 0 Å². The summed E-state index contributed by atoms with van der Waals surface area (Å²) in [6, 6.07) is 8.70. The van der Waals surface area contributed by atoms with Gasteiger partial charge in [-0.1, -0.05) is 107 Å². The number of hydrogen-bond acceptors (Lipinski definition) is 2. The van der Waals surface area contributed by atoms with Gasteiger partial charge < -0.3 is 10.1 Å². The van der Waals surface area contributed by atoms with E-state index >= 15 is 0 Å². The van der Waals surface area contributed by atoms with Crippen LogP contribution in [0.2, 0.25) is 18.6 Å². The van der Waals surface area contributed by atoms with Gasteiger partial charge in [0.2, 0.25) is 0 Å². The molecule has 0 bridgehead atoms. The molecule has 0 amide bonds. The normalized spacial score (nSPS) is 35.5. The van der Waals surface area contributed by atoms with Gasteiger partial charge in [-0.2, -0.15) is 4.57 Å². The highest BCUT2D eigenvalue weighted by molar-refractivity contribution is 6.58. The molecular formula is C53H68N3OSi+. The summed E-state index contributed by atoms with van der Waals surface area (Å²) in [4.78, 5) is 0. The van der Waals surface area contributed by atoms with E-state index in [2.05, 4.69) is 136 Å². The van der Waals surface area contributed by atoms with Crippen molar-refractivity contribution in [2.75, 3.05) is 0 Å². The maximum atomic E-state index is 7.21.